The van der Waals surface area contributed by atoms with Crippen molar-refractivity contribution < 1.29 is 0 Å². The molecular weight excluding hydrogens is 220 g/mol. The Bertz CT molecular complexity index is 373. The minimum atomic E-state index is 0.109. The van der Waals surface area contributed by atoms with Gasteiger partial charge in [-0.3, -0.25) is 4.90 Å². The molecule has 1 aromatic carbocycles. The summed E-state index contributed by atoms with van der Waals surface area (Å²) in [5, 5.41) is 0. The molecule has 0 radical (unpaired) electrons. The highest BCUT2D eigenvalue weighted by Crippen LogP contribution is 2.17. The Labute approximate surface area is 112 Å². The molecule has 0 aromatic heterocycles. The summed E-state index contributed by atoms with van der Waals surface area (Å²) in [5.41, 5.74) is 10.3. The van der Waals surface area contributed by atoms with E-state index >= 15 is 0 Å². The van der Waals surface area contributed by atoms with Gasteiger partial charge in [0, 0.05) is 18.6 Å². The first-order valence-corrected chi connectivity index (χ1v) is 7.06. The van der Waals surface area contributed by atoms with Crippen LogP contribution in [0.5, 0.6) is 0 Å². The standard InChI is InChI=1S/C16H28N2/c1-6-14(5)18(7-2)11-16(17)15-9-8-12(3)13(4)10-15/h8-10,14,16H,6-7,11,17H2,1-5H3. The molecule has 0 spiro atoms. The molecule has 0 fully saturated rings. The third kappa shape index (κ3) is 3.82. The summed E-state index contributed by atoms with van der Waals surface area (Å²) in [4.78, 5) is 2.46. The van der Waals surface area contributed by atoms with Crippen molar-refractivity contribution >= 4 is 0 Å². The monoisotopic (exact) mass is 248 g/mol. The first-order chi connectivity index (χ1) is 8.49. The second kappa shape index (κ2) is 6.91. The van der Waals surface area contributed by atoms with Crippen molar-refractivity contribution in [2.24, 2.45) is 5.73 Å². The average molecular weight is 248 g/mol. The molecule has 2 nitrogen and oxygen atoms in total. The molecule has 0 bridgehead atoms. The molecule has 18 heavy (non-hydrogen) atoms. The smallest absolute Gasteiger partial charge is 0.0424 e. The van der Waals surface area contributed by atoms with Gasteiger partial charge in [0.15, 0.2) is 0 Å². The summed E-state index contributed by atoms with van der Waals surface area (Å²) in [5.74, 6) is 0. The van der Waals surface area contributed by atoms with Gasteiger partial charge in [-0.1, -0.05) is 32.0 Å². The van der Waals surface area contributed by atoms with Gasteiger partial charge in [0.25, 0.3) is 0 Å². The van der Waals surface area contributed by atoms with Gasteiger partial charge in [-0.05, 0) is 50.4 Å². The molecule has 102 valence electrons. The van der Waals surface area contributed by atoms with Crippen molar-refractivity contribution in [2.45, 2.75) is 53.1 Å². The fraction of sp³-hybridized carbons (Fsp3) is 0.625. The van der Waals surface area contributed by atoms with E-state index in [0.717, 1.165) is 13.1 Å². The van der Waals surface area contributed by atoms with Gasteiger partial charge in [-0.2, -0.15) is 0 Å². The van der Waals surface area contributed by atoms with Crippen molar-refractivity contribution in [1.29, 1.82) is 0 Å². The van der Waals surface area contributed by atoms with Crippen LogP contribution >= 0.6 is 0 Å². The molecule has 0 aliphatic rings. The van der Waals surface area contributed by atoms with Gasteiger partial charge >= 0.3 is 0 Å². The minimum Gasteiger partial charge on any atom is -0.323 e. The van der Waals surface area contributed by atoms with E-state index in [4.69, 9.17) is 5.73 Å². The van der Waals surface area contributed by atoms with Crippen molar-refractivity contribution in [1.82, 2.24) is 4.90 Å². The molecule has 0 heterocycles. The Morgan fingerprint density at radius 3 is 2.33 bits per heavy atom. The van der Waals surface area contributed by atoms with Crippen molar-refractivity contribution in [3.05, 3.63) is 34.9 Å². The molecule has 2 heteroatoms. The summed E-state index contributed by atoms with van der Waals surface area (Å²) in [6.45, 7) is 13.0. The van der Waals surface area contributed by atoms with Crippen LogP contribution in [-0.4, -0.2) is 24.0 Å². The number of hydrogen-bond donors (Lipinski definition) is 1. The molecule has 0 saturated heterocycles. The number of aryl methyl sites for hydroxylation is 2. The van der Waals surface area contributed by atoms with E-state index in [1.165, 1.54) is 23.1 Å². The zero-order valence-electron chi connectivity index (χ0n) is 12.5. The lowest BCUT2D eigenvalue weighted by Gasteiger charge is -2.30. The molecule has 0 amide bonds. The second-order valence-electron chi connectivity index (χ2n) is 5.30. The van der Waals surface area contributed by atoms with Crippen LogP contribution in [0.2, 0.25) is 0 Å². The van der Waals surface area contributed by atoms with Gasteiger partial charge in [-0.15, -0.1) is 0 Å². The van der Waals surface area contributed by atoms with Gasteiger partial charge in [-0.25, -0.2) is 0 Å². The van der Waals surface area contributed by atoms with E-state index in [1.54, 1.807) is 0 Å². The lowest BCUT2D eigenvalue weighted by atomic mass is 10.0. The van der Waals surface area contributed by atoms with Gasteiger partial charge < -0.3 is 5.73 Å². The SMILES string of the molecule is CCC(C)N(CC)CC(N)c1ccc(C)c(C)c1. The highest BCUT2D eigenvalue weighted by molar-refractivity contribution is 5.31. The maximum atomic E-state index is 6.34. The van der Waals surface area contributed by atoms with Gasteiger partial charge in [0.1, 0.15) is 0 Å². The van der Waals surface area contributed by atoms with Crippen molar-refractivity contribution in [3.8, 4) is 0 Å². The zero-order valence-corrected chi connectivity index (χ0v) is 12.5. The molecule has 2 atom stereocenters. The number of nitrogens with zero attached hydrogens (tertiary/aromatic N) is 1. The maximum Gasteiger partial charge on any atom is 0.0424 e. The summed E-state index contributed by atoms with van der Waals surface area (Å²) in [6.07, 6.45) is 1.17. The van der Waals surface area contributed by atoms with E-state index in [0.29, 0.717) is 6.04 Å². The third-order valence-corrected chi connectivity index (χ3v) is 4.01. The number of benzene rings is 1. The van der Waals surface area contributed by atoms with Gasteiger partial charge in [0.05, 0.1) is 0 Å². The van der Waals surface area contributed by atoms with Crippen LogP contribution in [0, 0.1) is 13.8 Å². The Hall–Kier alpha value is -0.860. The highest BCUT2D eigenvalue weighted by atomic mass is 15.2. The number of hydrogen-bond acceptors (Lipinski definition) is 2. The highest BCUT2D eigenvalue weighted by Gasteiger charge is 2.15. The van der Waals surface area contributed by atoms with Crippen molar-refractivity contribution in [3.63, 3.8) is 0 Å². The van der Waals surface area contributed by atoms with Crippen LogP contribution < -0.4 is 5.73 Å². The fourth-order valence-electron chi connectivity index (χ4n) is 2.23. The predicted molar refractivity (Wildman–Crippen MR) is 79.8 cm³/mol. The molecule has 0 aliphatic carbocycles. The Kier molecular flexibility index (Phi) is 5.83. The van der Waals surface area contributed by atoms with Crippen LogP contribution in [0.3, 0.4) is 0 Å². The predicted octanol–water partition coefficient (Wildman–Crippen LogP) is 3.42. The number of nitrogens with two attached hydrogens (primary N) is 1. The average Bonchev–Trinajstić information content (AvgIpc) is 2.37. The quantitative estimate of drug-likeness (QED) is 0.836. The molecule has 1 aromatic rings. The summed E-state index contributed by atoms with van der Waals surface area (Å²) in [7, 11) is 0. The number of likely N-dealkylation sites (N-methyl/N-ethyl adjacent to an activating group) is 1. The molecule has 2 N–H and O–H groups in total. The Morgan fingerprint density at radius 1 is 1.17 bits per heavy atom. The molecule has 0 saturated carbocycles. The van der Waals surface area contributed by atoms with E-state index in [9.17, 15) is 0 Å². The lowest BCUT2D eigenvalue weighted by molar-refractivity contribution is 0.202. The van der Waals surface area contributed by atoms with Crippen LogP contribution in [0.4, 0.5) is 0 Å². The third-order valence-electron chi connectivity index (χ3n) is 4.01. The molecular formula is C16H28N2. The zero-order chi connectivity index (χ0) is 13.7. The molecule has 1 rings (SSSR count). The number of rotatable bonds is 6. The molecule has 2 unspecified atom stereocenters. The summed E-state index contributed by atoms with van der Waals surface area (Å²) < 4.78 is 0. The van der Waals surface area contributed by atoms with E-state index in [1.807, 2.05) is 0 Å². The lowest BCUT2D eigenvalue weighted by Crippen LogP contribution is -2.38. The fourth-order valence-corrected chi connectivity index (χ4v) is 2.23. The van der Waals surface area contributed by atoms with Gasteiger partial charge in [0.2, 0.25) is 0 Å². The largest absolute Gasteiger partial charge is 0.323 e. The topological polar surface area (TPSA) is 29.3 Å². The van der Waals surface area contributed by atoms with Crippen molar-refractivity contribution in [2.75, 3.05) is 13.1 Å². The first-order valence-electron chi connectivity index (χ1n) is 7.06. The van der Waals surface area contributed by atoms with E-state index < -0.39 is 0 Å². The second-order valence-corrected chi connectivity index (χ2v) is 5.30. The minimum absolute atomic E-state index is 0.109. The van der Waals surface area contributed by atoms with E-state index in [-0.39, 0.29) is 6.04 Å². The van der Waals surface area contributed by atoms with Crippen LogP contribution in [0.15, 0.2) is 18.2 Å². The van der Waals surface area contributed by atoms with E-state index in [2.05, 4.69) is 57.7 Å². The normalized spacial score (nSPS) is 14.8. The Balaban J connectivity index is 2.74. The maximum absolute atomic E-state index is 6.34. The first kappa shape index (κ1) is 15.2. The van der Waals surface area contributed by atoms with Crippen LogP contribution in [0.1, 0.15) is 49.9 Å². The summed E-state index contributed by atoms with van der Waals surface area (Å²) in [6, 6.07) is 7.28. The van der Waals surface area contributed by atoms with Crippen LogP contribution in [-0.2, 0) is 0 Å². The summed E-state index contributed by atoms with van der Waals surface area (Å²) >= 11 is 0. The Morgan fingerprint density at radius 2 is 1.83 bits per heavy atom. The van der Waals surface area contributed by atoms with Crippen LogP contribution in [0.25, 0.3) is 0 Å². The molecule has 0 aliphatic heterocycles.